The summed E-state index contributed by atoms with van der Waals surface area (Å²) in [4.78, 5) is 4.11. The molecule has 1 rings (SSSR count). The molecule has 0 atom stereocenters. The van der Waals surface area contributed by atoms with Gasteiger partial charge in [-0.05, 0) is 36.2 Å². The van der Waals surface area contributed by atoms with Gasteiger partial charge < -0.3 is 0 Å². The molecule has 0 aliphatic heterocycles. The molecular formula is C11H13NS. The van der Waals surface area contributed by atoms with E-state index in [0.717, 1.165) is 18.5 Å². The normalized spacial score (nSPS) is 9.38. The molecule has 0 aliphatic carbocycles. The van der Waals surface area contributed by atoms with Gasteiger partial charge in [0.25, 0.3) is 0 Å². The van der Waals surface area contributed by atoms with Crippen LogP contribution in [0.25, 0.3) is 0 Å². The number of thiocarbonyl (C=S) groups is 1. The zero-order chi connectivity index (χ0) is 9.68. The lowest BCUT2D eigenvalue weighted by molar-refractivity contribution is 1.08. The minimum Gasteiger partial charge on any atom is -0.194 e. The van der Waals surface area contributed by atoms with Gasteiger partial charge in [0.15, 0.2) is 0 Å². The number of aryl methyl sites for hydroxylation is 2. The van der Waals surface area contributed by atoms with Crippen LogP contribution in [0.4, 0.5) is 5.69 Å². The van der Waals surface area contributed by atoms with Crippen LogP contribution >= 0.6 is 12.2 Å². The number of hydrogen-bond donors (Lipinski definition) is 0. The first-order valence-corrected chi connectivity index (χ1v) is 4.92. The molecule has 0 N–H and O–H groups in total. The Morgan fingerprint density at radius 1 is 1.23 bits per heavy atom. The van der Waals surface area contributed by atoms with Crippen molar-refractivity contribution in [3.8, 4) is 0 Å². The Kier molecular flexibility index (Phi) is 3.81. The van der Waals surface area contributed by atoms with Crippen LogP contribution in [0.15, 0.2) is 23.2 Å². The molecule has 1 aromatic rings. The van der Waals surface area contributed by atoms with Gasteiger partial charge in [-0.1, -0.05) is 32.0 Å². The largest absolute Gasteiger partial charge is 0.194 e. The van der Waals surface area contributed by atoms with Crippen LogP contribution in [0.3, 0.4) is 0 Å². The lowest BCUT2D eigenvalue weighted by Gasteiger charge is -2.06. The summed E-state index contributed by atoms with van der Waals surface area (Å²) in [5, 5.41) is 2.44. The first kappa shape index (κ1) is 10.1. The Balaban J connectivity index is 3.28. The Bertz CT molecular complexity index is 316. The summed E-state index contributed by atoms with van der Waals surface area (Å²) < 4.78 is 0. The summed E-state index contributed by atoms with van der Waals surface area (Å²) in [6, 6.07) is 6.25. The average Bonchev–Trinajstić information content (AvgIpc) is 2.18. The third-order valence-corrected chi connectivity index (χ3v) is 2.21. The number of nitrogens with zero attached hydrogens (tertiary/aromatic N) is 1. The minimum atomic E-state index is 0.990. The second-order valence-electron chi connectivity index (χ2n) is 2.84. The summed E-state index contributed by atoms with van der Waals surface area (Å²) in [5.41, 5.74) is 3.51. The standard InChI is InChI=1S/C11H13NS/c1-3-9-6-5-7-10(4-2)11(9)12-8-13/h5-7H,3-4H2,1-2H3. The summed E-state index contributed by atoms with van der Waals surface area (Å²) in [7, 11) is 0. The smallest absolute Gasteiger partial charge is 0.0803 e. The van der Waals surface area contributed by atoms with Crippen LogP contribution in [0.5, 0.6) is 0 Å². The van der Waals surface area contributed by atoms with Gasteiger partial charge in [-0.2, -0.15) is 4.99 Å². The van der Waals surface area contributed by atoms with Crippen molar-refractivity contribution in [2.45, 2.75) is 26.7 Å². The predicted octanol–water partition coefficient (Wildman–Crippen LogP) is 3.55. The molecule has 0 bridgehead atoms. The van der Waals surface area contributed by atoms with Crippen LogP contribution in [-0.4, -0.2) is 5.16 Å². The summed E-state index contributed by atoms with van der Waals surface area (Å²) in [5.74, 6) is 0. The highest BCUT2D eigenvalue weighted by Gasteiger charge is 2.03. The molecule has 68 valence electrons. The zero-order valence-corrected chi connectivity index (χ0v) is 8.82. The molecule has 0 saturated carbocycles. The highest BCUT2D eigenvalue weighted by molar-refractivity contribution is 7.78. The highest BCUT2D eigenvalue weighted by atomic mass is 32.1. The molecule has 0 spiro atoms. The van der Waals surface area contributed by atoms with Crippen LogP contribution in [-0.2, 0) is 12.8 Å². The second kappa shape index (κ2) is 4.90. The predicted molar refractivity (Wildman–Crippen MR) is 59.9 cm³/mol. The van der Waals surface area contributed by atoms with E-state index in [0.29, 0.717) is 0 Å². The molecule has 0 unspecified atom stereocenters. The Morgan fingerprint density at radius 2 is 1.77 bits per heavy atom. The van der Waals surface area contributed by atoms with E-state index in [4.69, 9.17) is 0 Å². The number of para-hydroxylation sites is 1. The van der Waals surface area contributed by atoms with Crippen molar-refractivity contribution in [2.24, 2.45) is 4.99 Å². The van der Waals surface area contributed by atoms with Crippen molar-refractivity contribution in [3.63, 3.8) is 0 Å². The van der Waals surface area contributed by atoms with Gasteiger partial charge in [0, 0.05) is 0 Å². The fraction of sp³-hybridized carbons (Fsp3) is 0.364. The van der Waals surface area contributed by atoms with E-state index in [1.54, 1.807) is 0 Å². The van der Waals surface area contributed by atoms with Crippen LogP contribution in [0, 0.1) is 0 Å². The molecule has 0 aromatic heterocycles. The lowest BCUT2D eigenvalue weighted by atomic mass is 10.0. The molecule has 0 heterocycles. The summed E-state index contributed by atoms with van der Waals surface area (Å²) >= 11 is 4.63. The Hall–Kier alpha value is -0.980. The fourth-order valence-corrected chi connectivity index (χ4v) is 1.50. The van der Waals surface area contributed by atoms with E-state index in [1.165, 1.54) is 11.1 Å². The zero-order valence-electron chi connectivity index (χ0n) is 8.00. The Labute approximate surface area is 84.5 Å². The average molecular weight is 191 g/mol. The molecule has 2 heteroatoms. The third kappa shape index (κ3) is 2.24. The lowest BCUT2D eigenvalue weighted by Crippen LogP contribution is -1.87. The van der Waals surface area contributed by atoms with E-state index >= 15 is 0 Å². The van der Waals surface area contributed by atoms with Crippen molar-refractivity contribution < 1.29 is 0 Å². The monoisotopic (exact) mass is 191 g/mol. The first-order valence-electron chi connectivity index (χ1n) is 4.52. The van der Waals surface area contributed by atoms with E-state index in [1.807, 2.05) is 0 Å². The molecule has 0 fully saturated rings. The van der Waals surface area contributed by atoms with Crippen LogP contribution in [0.1, 0.15) is 25.0 Å². The van der Waals surface area contributed by atoms with E-state index in [9.17, 15) is 0 Å². The topological polar surface area (TPSA) is 12.4 Å². The maximum absolute atomic E-state index is 4.63. The Morgan fingerprint density at radius 3 is 2.15 bits per heavy atom. The maximum Gasteiger partial charge on any atom is 0.0803 e. The molecule has 0 aliphatic rings. The van der Waals surface area contributed by atoms with Crippen molar-refractivity contribution >= 4 is 23.1 Å². The van der Waals surface area contributed by atoms with Gasteiger partial charge in [0.1, 0.15) is 0 Å². The molecule has 0 radical (unpaired) electrons. The maximum atomic E-state index is 4.63. The van der Waals surface area contributed by atoms with Gasteiger partial charge in [0.2, 0.25) is 0 Å². The highest BCUT2D eigenvalue weighted by Crippen LogP contribution is 2.24. The van der Waals surface area contributed by atoms with Gasteiger partial charge in [-0.15, -0.1) is 0 Å². The number of hydrogen-bond acceptors (Lipinski definition) is 2. The molecule has 0 amide bonds. The van der Waals surface area contributed by atoms with Crippen molar-refractivity contribution in [1.82, 2.24) is 0 Å². The van der Waals surface area contributed by atoms with Crippen LogP contribution < -0.4 is 0 Å². The van der Waals surface area contributed by atoms with Gasteiger partial charge in [-0.25, -0.2) is 0 Å². The number of rotatable bonds is 3. The second-order valence-corrected chi connectivity index (χ2v) is 3.02. The van der Waals surface area contributed by atoms with Gasteiger partial charge >= 0.3 is 0 Å². The molecule has 1 nitrogen and oxygen atoms in total. The summed E-state index contributed by atoms with van der Waals surface area (Å²) in [6.07, 6.45) is 1.98. The quantitative estimate of drug-likeness (QED) is 0.526. The van der Waals surface area contributed by atoms with Gasteiger partial charge in [-0.3, -0.25) is 0 Å². The molecule has 0 saturated heterocycles. The molecular weight excluding hydrogens is 178 g/mol. The van der Waals surface area contributed by atoms with E-state index in [2.05, 4.69) is 54.4 Å². The number of isothiocyanates is 1. The summed E-state index contributed by atoms with van der Waals surface area (Å²) in [6.45, 7) is 4.24. The van der Waals surface area contributed by atoms with Gasteiger partial charge in [0.05, 0.1) is 10.8 Å². The van der Waals surface area contributed by atoms with E-state index in [-0.39, 0.29) is 0 Å². The minimum absolute atomic E-state index is 0.990. The van der Waals surface area contributed by atoms with Crippen molar-refractivity contribution in [2.75, 3.05) is 0 Å². The third-order valence-electron chi connectivity index (χ3n) is 2.12. The van der Waals surface area contributed by atoms with Crippen LogP contribution in [0.2, 0.25) is 0 Å². The first-order chi connectivity index (χ1) is 6.33. The number of benzene rings is 1. The molecule has 13 heavy (non-hydrogen) atoms. The SMILES string of the molecule is CCc1cccc(CC)c1N=C=S. The molecule has 1 aromatic carbocycles. The van der Waals surface area contributed by atoms with Crippen molar-refractivity contribution in [3.05, 3.63) is 29.3 Å². The van der Waals surface area contributed by atoms with Crippen molar-refractivity contribution in [1.29, 1.82) is 0 Å². The fourth-order valence-electron chi connectivity index (χ4n) is 1.40. The van der Waals surface area contributed by atoms with E-state index < -0.39 is 0 Å². The number of aliphatic imine (C=N–C) groups is 1.